The Kier molecular flexibility index (Phi) is 4.88. The molecule has 1 heterocycles. The van der Waals surface area contributed by atoms with Crippen molar-refractivity contribution in [3.63, 3.8) is 0 Å². The van der Waals surface area contributed by atoms with Crippen LogP contribution in [0.3, 0.4) is 0 Å². The van der Waals surface area contributed by atoms with Crippen LogP contribution in [0.5, 0.6) is 0 Å². The summed E-state index contributed by atoms with van der Waals surface area (Å²) in [6.07, 6.45) is 2.50. The summed E-state index contributed by atoms with van der Waals surface area (Å²) in [5.74, 6) is -0.371. The summed E-state index contributed by atoms with van der Waals surface area (Å²) in [4.78, 5) is 4.18. The number of pyridine rings is 1. The lowest BCUT2D eigenvalue weighted by Gasteiger charge is -2.12. The third-order valence-electron chi connectivity index (χ3n) is 2.96. The van der Waals surface area contributed by atoms with Crippen LogP contribution >= 0.6 is 11.6 Å². The highest BCUT2D eigenvalue weighted by Gasteiger charge is 2.12. The lowest BCUT2D eigenvalue weighted by molar-refractivity contribution is 0.163. The standard InChI is InChI=1S/C15H15ClFNO/c16-14-5-3-6-15(17)13(14)10-12(19)8-7-11-4-1-2-9-18-11/h1-6,9,12,19H,7-8,10H2. The summed E-state index contributed by atoms with van der Waals surface area (Å²) in [6, 6.07) is 10.2. The van der Waals surface area contributed by atoms with E-state index in [0.29, 0.717) is 23.4 Å². The van der Waals surface area contributed by atoms with E-state index in [1.165, 1.54) is 6.07 Å². The van der Waals surface area contributed by atoms with Gasteiger partial charge in [-0.15, -0.1) is 0 Å². The van der Waals surface area contributed by atoms with Crippen LogP contribution in [-0.4, -0.2) is 16.2 Å². The zero-order chi connectivity index (χ0) is 13.7. The Balaban J connectivity index is 1.93. The van der Waals surface area contributed by atoms with Gasteiger partial charge in [-0.3, -0.25) is 4.98 Å². The topological polar surface area (TPSA) is 33.1 Å². The minimum absolute atomic E-state index is 0.221. The third kappa shape index (κ3) is 4.01. The van der Waals surface area contributed by atoms with Gasteiger partial charge in [-0.05, 0) is 37.1 Å². The molecule has 0 spiro atoms. The SMILES string of the molecule is OC(CCc1ccccn1)Cc1c(F)cccc1Cl. The Morgan fingerprint density at radius 2 is 2.05 bits per heavy atom. The largest absolute Gasteiger partial charge is 0.393 e. The third-order valence-corrected chi connectivity index (χ3v) is 3.32. The average molecular weight is 280 g/mol. The van der Waals surface area contributed by atoms with Crippen LogP contribution < -0.4 is 0 Å². The minimum Gasteiger partial charge on any atom is -0.393 e. The molecule has 0 aliphatic rings. The van der Waals surface area contributed by atoms with E-state index in [1.54, 1.807) is 18.3 Å². The van der Waals surface area contributed by atoms with E-state index < -0.39 is 6.10 Å². The van der Waals surface area contributed by atoms with Crippen molar-refractivity contribution in [1.82, 2.24) is 4.98 Å². The second-order valence-corrected chi connectivity index (χ2v) is 4.83. The number of aliphatic hydroxyl groups is 1. The predicted molar refractivity (Wildman–Crippen MR) is 73.7 cm³/mol. The summed E-state index contributed by atoms with van der Waals surface area (Å²) < 4.78 is 13.6. The quantitative estimate of drug-likeness (QED) is 0.910. The van der Waals surface area contributed by atoms with Gasteiger partial charge in [0.25, 0.3) is 0 Å². The molecule has 2 aromatic rings. The second kappa shape index (κ2) is 6.64. The molecule has 4 heteroatoms. The fourth-order valence-electron chi connectivity index (χ4n) is 1.93. The number of aromatic nitrogens is 1. The summed E-state index contributed by atoms with van der Waals surface area (Å²) >= 11 is 5.93. The summed E-state index contributed by atoms with van der Waals surface area (Å²) in [5, 5.41) is 10.3. The van der Waals surface area contributed by atoms with Crippen LogP contribution in [0.25, 0.3) is 0 Å². The van der Waals surface area contributed by atoms with Crippen LogP contribution in [0, 0.1) is 5.82 Å². The number of nitrogens with zero attached hydrogens (tertiary/aromatic N) is 1. The molecule has 1 N–H and O–H groups in total. The van der Waals surface area contributed by atoms with Crippen LogP contribution in [0.2, 0.25) is 5.02 Å². The second-order valence-electron chi connectivity index (χ2n) is 4.42. The Hall–Kier alpha value is -1.45. The zero-order valence-electron chi connectivity index (χ0n) is 10.4. The molecule has 100 valence electrons. The minimum atomic E-state index is -0.628. The van der Waals surface area contributed by atoms with E-state index >= 15 is 0 Å². The van der Waals surface area contributed by atoms with Gasteiger partial charge in [-0.1, -0.05) is 23.7 Å². The summed E-state index contributed by atoms with van der Waals surface area (Å²) in [6.45, 7) is 0. The van der Waals surface area contributed by atoms with Crippen molar-refractivity contribution in [3.8, 4) is 0 Å². The molecule has 0 radical (unpaired) electrons. The van der Waals surface area contributed by atoms with E-state index in [-0.39, 0.29) is 12.2 Å². The first-order valence-electron chi connectivity index (χ1n) is 6.17. The monoisotopic (exact) mass is 279 g/mol. The van der Waals surface area contributed by atoms with Crippen molar-refractivity contribution >= 4 is 11.6 Å². The van der Waals surface area contributed by atoms with Crippen molar-refractivity contribution < 1.29 is 9.50 Å². The van der Waals surface area contributed by atoms with Crippen LogP contribution in [0.4, 0.5) is 4.39 Å². The summed E-state index contributed by atoms with van der Waals surface area (Å²) in [5.41, 5.74) is 1.29. The zero-order valence-corrected chi connectivity index (χ0v) is 11.1. The number of hydrogen-bond donors (Lipinski definition) is 1. The molecule has 1 aromatic heterocycles. The molecule has 1 atom stereocenters. The molecule has 0 fully saturated rings. The molecule has 1 unspecified atom stereocenters. The fraction of sp³-hybridized carbons (Fsp3) is 0.267. The maximum absolute atomic E-state index is 13.6. The number of aryl methyl sites for hydroxylation is 1. The normalized spacial score (nSPS) is 12.4. The number of hydrogen-bond acceptors (Lipinski definition) is 2. The molecule has 0 aliphatic heterocycles. The Morgan fingerprint density at radius 1 is 1.21 bits per heavy atom. The number of rotatable bonds is 5. The van der Waals surface area contributed by atoms with Gasteiger partial charge in [0.15, 0.2) is 0 Å². The van der Waals surface area contributed by atoms with E-state index in [2.05, 4.69) is 4.98 Å². The lowest BCUT2D eigenvalue weighted by atomic mass is 10.0. The van der Waals surface area contributed by atoms with Gasteiger partial charge < -0.3 is 5.11 Å². The van der Waals surface area contributed by atoms with Gasteiger partial charge in [-0.2, -0.15) is 0 Å². The van der Waals surface area contributed by atoms with E-state index in [9.17, 15) is 9.50 Å². The van der Waals surface area contributed by atoms with Gasteiger partial charge in [0.1, 0.15) is 5.82 Å². The first kappa shape index (κ1) is 14.0. The molecule has 2 nitrogen and oxygen atoms in total. The van der Waals surface area contributed by atoms with Gasteiger partial charge in [0, 0.05) is 28.9 Å². The van der Waals surface area contributed by atoms with Gasteiger partial charge in [0.05, 0.1) is 6.10 Å². The van der Waals surface area contributed by atoms with Crippen LogP contribution in [0.15, 0.2) is 42.6 Å². The van der Waals surface area contributed by atoms with Gasteiger partial charge >= 0.3 is 0 Å². The van der Waals surface area contributed by atoms with E-state index in [1.807, 2.05) is 18.2 Å². The predicted octanol–water partition coefficient (Wildman–Crippen LogP) is 3.41. The number of benzene rings is 1. The molecule has 0 aliphatic carbocycles. The molecule has 19 heavy (non-hydrogen) atoms. The average Bonchev–Trinajstić information content (AvgIpc) is 2.42. The fourth-order valence-corrected chi connectivity index (χ4v) is 2.17. The molecule has 1 aromatic carbocycles. The van der Waals surface area contributed by atoms with Crippen molar-refractivity contribution in [2.75, 3.05) is 0 Å². The first-order chi connectivity index (χ1) is 9.16. The van der Waals surface area contributed by atoms with Crippen molar-refractivity contribution in [2.45, 2.75) is 25.4 Å². The highest BCUT2D eigenvalue weighted by Crippen LogP contribution is 2.21. The molecule has 0 saturated carbocycles. The molecular weight excluding hydrogens is 265 g/mol. The molecular formula is C15H15ClFNO. The molecule has 2 rings (SSSR count). The molecule has 0 saturated heterocycles. The van der Waals surface area contributed by atoms with E-state index in [4.69, 9.17) is 11.6 Å². The van der Waals surface area contributed by atoms with E-state index in [0.717, 1.165) is 5.69 Å². The Morgan fingerprint density at radius 3 is 2.74 bits per heavy atom. The van der Waals surface area contributed by atoms with Crippen molar-refractivity contribution in [3.05, 3.63) is 64.7 Å². The smallest absolute Gasteiger partial charge is 0.127 e. The van der Waals surface area contributed by atoms with Gasteiger partial charge in [0.2, 0.25) is 0 Å². The Bertz CT molecular complexity index is 513. The number of aliphatic hydroxyl groups excluding tert-OH is 1. The highest BCUT2D eigenvalue weighted by atomic mass is 35.5. The molecule has 0 bridgehead atoms. The molecule has 0 amide bonds. The lowest BCUT2D eigenvalue weighted by Crippen LogP contribution is -2.13. The Labute approximate surface area is 116 Å². The van der Waals surface area contributed by atoms with Gasteiger partial charge in [-0.25, -0.2) is 4.39 Å². The summed E-state index contributed by atoms with van der Waals surface area (Å²) in [7, 11) is 0. The van der Waals surface area contributed by atoms with Crippen LogP contribution in [0.1, 0.15) is 17.7 Å². The highest BCUT2D eigenvalue weighted by molar-refractivity contribution is 6.31. The maximum Gasteiger partial charge on any atom is 0.127 e. The number of halogens is 2. The van der Waals surface area contributed by atoms with Crippen molar-refractivity contribution in [2.24, 2.45) is 0 Å². The maximum atomic E-state index is 13.6. The van der Waals surface area contributed by atoms with Crippen LogP contribution in [-0.2, 0) is 12.8 Å². The van der Waals surface area contributed by atoms with Crippen molar-refractivity contribution in [1.29, 1.82) is 0 Å². The first-order valence-corrected chi connectivity index (χ1v) is 6.55.